The average Bonchev–Trinajstić information content (AvgIpc) is 2.47. The van der Waals surface area contributed by atoms with Crippen LogP contribution in [0.25, 0.3) is 0 Å². The van der Waals surface area contributed by atoms with E-state index in [0.717, 1.165) is 16.7 Å². The zero-order chi connectivity index (χ0) is 16.2. The molecule has 0 aromatic heterocycles. The highest BCUT2D eigenvalue weighted by Crippen LogP contribution is 2.11. The van der Waals surface area contributed by atoms with Crippen molar-refractivity contribution in [3.8, 4) is 0 Å². The third-order valence-electron chi connectivity index (χ3n) is 3.45. The molecule has 0 saturated carbocycles. The standard InChI is InChI=1S/C17H19NO3S/c1-13-5-3-4-6-15(13)11-17(19)18-12-14-7-9-16(10-8-14)22(2,20)21/h3-10H,11-12H2,1-2H3,(H,18,19). The van der Waals surface area contributed by atoms with Crippen LogP contribution >= 0.6 is 0 Å². The van der Waals surface area contributed by atoms with Gasteiger partial charge in [-0.3, -0.25) is 4.79 Å². The van der Waals surface area contributed by atoms with E-state index in [1.807, 2.05) is 31.2 Å². The molecular formula is C17H19NO3S. The molecule has 0 aliphatic heterocycles. The molecule has 0 fully saturated rings. The summed E-state index contributed by atoms with van der Waals surface area (Å²) in [5.41, 5.74) is 2.97. The second-order valence-electron chi connectivity index (χ2n) is 5.30. The molecule has 116 valence electrons. The van der Waals surface area contributed by atoms with Gasteiger partial charge in [0.1, 0.15) is 0 Å². The second-order valence-corrected chi connectivity index (χ2v) is 7.31. The van der Waals surface area contributed by atoms with Gasteiger partial charge in [0, 0.05) is 12.8 Å². The number of carbonyl (C=O) groups is 1. The third kappa shape index (κ3) is 4.43. The minimum Gasteiger partial charge on any atom is -0.352 e. The maximum atomic E-state index is 12.0. The Morgan fingerprint density at radius 3 is 2.27 bits per heavy atom. The van der Waals surface area contributed by atoms with Crippen LogP contribution in [0, 0.1) is 6.92 Å². The highest BCUT2D eigenvalue weighted by atomic mass is 32.2. The van der Waals surface area contributed by atoms with Crippen molar-refractivity contribution >= 4 is 15.7 Å². The van der Waals surface area contributed by atoms with E-state index in [1.54, 1.807) is 24.3 Å². The second kappa shape index (κ2) is 6.75. The smallest absolute Gasteiger partial charge is 0.224 e. The lowest BCUT2D eigenvalue weighted by atomic mass is 10.1. The Morgan fingerprint density at radius 2 is 1.68 bits per heavy atom. The van der Waals surface area contributed by atoms with Gasteiger partial charge in [-0.05, 0) is 35.7 Å². The van der Waals surface area contributed by atoms with Crippen molar-refractivity contribution in [2.75, 3.05) is 6.26 Å². The zero-order valence-electron chi connectivity index (χ0n) is 12.7. The molecule has 0 aliphatic rings. The molecule has 0 bridgehead atoms. The number of carbonyl (C=O) groups excluding carboxylic acids is 1. The number of hydrogen-bond acceptors (Lipinski definition) is 3. The van der Waals surface area contributed by atoms with E-state index in [4.69, 9.17) is 0 Å². The highest BCUT2D eigenvalue weighted by Gasteiger charge is 2.08. The predicted molar refractivity (Wildman–Crippen MR) is 86.3 cm³/mol. The van der Waals surface area contributed by atoms with Gasteiger partial charge in [0.2, 0.25) is 5.91 Å². The molecular weight excluding hydrogens is 298 g/mol. The van der Waals surface area contributed by atoms with Gasteiger partial charge in [-0.15, -0.1) is 0 Å². The van der Waals surface area contributed by atoms with Gasteiger partial charge in [0.05, 0.1) is 11.3 Å². The minimum absolute atomic E-state index is 0.0542. The topological polar surface area (TPSA) is 63.2 Å². The van der Waals surface area contributed by atoms with E-state index in [1.165, 1.54) is 6.26 Å². The summed E-state index contributed by atoms with van der Waals surface area (Å²) in [6.45, 7) is 2.36. The Kier molecular flexibility index (Phi) is 4.98. The highest BCUT2D eigenvalue weighted by molar-refractivity contribution is 7.90. The molecule has 0 aliphatic carbocycles. The lowest BCUT2D eigenvalue weighted by Gasteiger charge is -2.08. The van der Waals surface area contributed by atoms with E-state index >= 15 is 0 Å². The Balaban J connectivity index is 1.93. The van der Waals surface area contributed by atoms with Crippen molar-refractivity contribution < 1.29 is 13.2 Å². The molecule has 0 unspecified atom stereocenters. The van der Waals surface area contributed by atoms with Crippen molar-refractivity contribution in [1.82, 2.24) is 5.32 Å². The molecule has 4 nitrogen and oxygen atoms in total. The lowest BCUT2D eigenvalue weighted by Crippen LogP contribution is -2.24. The number of benzene rings is 2. The molecule has 0 heterocycles. The quantitative estimate of drug-likeness (QED) is 0.920. The summed E-state index contributed by atoms with van der Waals surface area (Å²) < 4.78 is 22.8. The van der Waals surface area contributed by atoms with E-state index in [-0.39, 0.29) is 10.8 Å². The summed E-state index contributed by atoms with van der Waals surface area (Å²) in [5.74, 6) is -0.0542. The van der Waals surface area contributed by atoms with Crippen molar-refractivity contribution in [3.05, 3.63) is 65.2 Å². The van der Waals surface area contributed by atoms with Crippen molar-refractivity contribution in [2.45, 2.75) is 24.8 Å². The van der Waals surface area contributed by atoms with Crippen molar-refractivity contribution in [1.29, 1.82) is 0 Å². The summed E-state index contributed by atoms with van der Waals surface area (Å²) >= 11 is 0. The molecule has 2 rings (SSSR count). The first-order chi connectivity index (χ1) is 10.4. The predicted octanol–water partition coefficient (Wildman–Crippen LogP) is 2.26. The Bertz CT molecular complexity index is 765. The number of sulfone groups is 1. The molecule has 0 spiro atoms. The van der Waals surface area contributed by atoms with Gasteiger partial charge in [-0.2, -0.15) is 0 Å². The van der Waals surface area contributed by atoms with Crippen molar-refractivity contribution in [2.24, 2.45) is 0 Å². The Labute approximate surface area is 131 Å². The van der Waals surface area contributed by atoms with E-state index in [9.17, 15) is 13.2 Å². The monoisotopic (exact) mass is 317 g/mol. The van der Waals surface area contributed by atoms with Crippen molar-refractivity contribution in [3.63, 3.8) is 0 Å². The maximum Gasteiger partial charge on any atom is 0.224 e. The Morgan fingerprint density at radius 1 is 1.05 bits per heavy atom. The van der Waals surface area contributed by atoms with Gasteiger partial charge >= 0.3 is 0 Å². The maximum absolute atomic E-state index is 12.0. The number of amides is 1. The first-order valence-corrected chi connectivity index (χ1v) is 8.85. The molecule has 2 aromatic carbocycles. The molecule has 1 amide bonds. The van der Waals surface area contributed by atoms with Gasteiger partial charge in [0.15, 0.2) is 9.84 Å². The lowest BCUT2D eigenvalue weighted by molar-refractivity contribution is -0.120. The molecule has 5 heteroatoms. The van der Waals surface area contributed by atoms with Crippen LogP contribution < -0.4 is 5.32 Å². The number of nitrogens with one attached hydrogen (secondary N) is 1. The summed E-state index contributed by atoms with van der Waals surface area (Å²) in [7, 11) is -3.18. The number of hydrogen-bond donors (Lipinski definition) is 1. The van der Waals surface area contributed by atoms with Crippen LogP contribution in [-0.4, -0.2) is 20.6 Å². The van der Waals surface area contributed by atoms with Crippen LogP contribution in [0.1, 0.15) is 16.7 Å². The first kappa shape index (κ1) is 16.2. The van der Waals surface area contributed by atoms with E-state index < -0.39 is 9.84 Å². The van der Waals surface area contributed by atoms with E-state index in [0.29, 0.717) is 13.0 Å². The number of aryl methyl sites for hydroxylation is 1. The normalized spacial score (nSPS) is 11.2. The van der Waals surface area contributed by atoms with Crippen LogP contribution in [0.4, 0.5) is 0 Å². The third-order valence-corrected chi connectivity index (χ3v) is 4.58. The molecule has 0 radical (unpaired) electrons. The number of rotatable bonds is 5. The van der Waals surface area contributed by atoms with Gasteiger partial charge in [-0.25, -0.2) is 8.42 Å². The van der Waals surface area contributed by atoms with Crippen LogP contribution in [0.3, 0.4) is 0 Å². The first-order valence-electron chi connectivity index (χ1n) is 6.96. The summed E-state index contributed by atoms with van der Waals surface area (Å²) in [6.07, 6.45) is 1.51. The molecule has 0 atom stereocenters. The van der Waals surface area contributed by atoms with Crippen LogP contribution in [0.5, 0.6) is 0 Å². The van der Waals surface area contributed by atoms with Gasteiger partial charge < -0.3 is 5.32 Å². The fourth-order valence-corrected chi connectivity index (χ4v) is 2.73. The molecule has 22 heavy (non-hydrogen) atoms. The summed E-state index contributed by atoms with van der Waals surface area (Å²) in [4.78, 5) is 12.2. The minimum atomic E-state index is -3.18. The van der Waals surface area contributed by atoms with Gasteiger partial charge in [0.25, 0.3) is 0 Å². The van der Waals surface area contributed by atoms with Gasteiger partial charge in [-0.1, -0.05) is 36.4 Å². The van der Waals surface area contributed by atoms with Crippen LogP contribution in [0.15, 0.2) is 53.4 Å². The largest absolute Gasteiger partial charge is 0.352 e. The molecule has 2 aromatic rings. The summed E-state index contributed by atoms with van der Waals surface area (Å²) in [6, 6.07) is 14.3. The Hall–Kier alpha value is -2.14. The molecule has 1 N–H and O–H groups in total. The zero-order valence-corrected chi connectivity index (χ0v) is 13.5. The SMILES string of the molecule is Cc1ccccc1CC(=O)NCc1ccc(S(C)(=O)=O)cc1. The van der Waals surface area contributed by atoms with E-state index in [2.05, 4.69) is 5.32 Å². The fourth-order valence-electron chi connectivity index (χ4n) is 2.10. The average molecular weight is 317 g/mol. The summed E-state index contributed by atoms with van der Waals surface area (Å²) in [5, 5.41) is 2.84. The van der Waals surface area contributed by atoms with Crippen LogP contribution in [-0.2, 0) is 27.6 Å². The van der Waals surface area contributed by atoms with Crippen LogP contribution in [0.2, 0.25) is 0 Å². The molecule has 0 saturated heterocycles. The fraction of sp³-hybridized carbons (Fsp3) is 0.235.